The summed E-state index contributed by atoms with van der Waals surface area (Å²) in [7, 11) is 0. The molecule has 0 nitrogen and oxygen atoms in total. The molecule has 26 heavy (non-hydrogen) atoms. The lowest BCUT2D eigenvalue weighted by Gasteiger charge is -2.13. The van der Waals surface area contributed by atoms with Crippen LogP contribution in [0.4, 0.5) is 0 Å². The summed E-state index contributed by atoms with van der Waals surface area (Å²) < 4.78 is 0. The predicted molar refractivity (Wildman–Crippen MR) is 110 cm³/mol. The van der Waals surface area contributed by atoms with Crippen LogP contribution in [-0.2, 0) is 5.41 Å². The topological polar surface area (TPSA) is 0 Å². The molecular formula is C26H24. The average molecular weight is 336 g/mol. The van der Waals surface area contributed by atoms with E-state index in [1.54, 1.807) is 0 Å². The fourth-order valence-electron chi connectivity index (χ4n) is 4.26. The number of rotatable bonds is 4. The van der Waals surface area contributed by atoms with E-state index in [0.29, 0.717) is 5.92 Å². The molecule has 0 saturated heterocycles. The molecule has 3 aromatic rings. The molecule has 2 atom stereocenters. The van der Waals surface area contributed by atoms with E-state index >= 15 is 0 Å². The highest BCUT2D eigenvalue weighted by Crippen LogP contribution is 2.61. The van der Waals surface area contributed by atoms with E-state index < -0.39 is 0 Å². The molecule has 0 aliphatic heterocycles. The van der Waals surface area contributed by atoms with E-state index in [-0.39, 0.29) is 5.41 Å². The van der Waals surface area contributed by atoms with Crippen LogP contribution < -0.4 is 0 Å². The molecule has 0 bridgehead atoms. The Labute approximate surface area is 156 Å². The first kappa shape index (κ1) is 16.6. The molecule has 0 N–H and O–H groups in total. The van der Waals surface area contributed by atoms with Gasteiger partial charge in [-0.25, -0.2) is 0 Å². The average Bonchev–Trinajstić information content (AvgIpc) is 3.31. The van der Waals surface area contributed by atoms with Crippen LogP contribution in [0.3, 0.4) is 0 Å². The van der Waals surface area contributed by atoms with Gasteiger partial charge in [-0.3, -0.25) is 0 Å². The molecule has 128 valence electrons. The van der Waals surface area contributed by atoms with Crippen LogP contribution in [0, 0.1) is 5.92 Å². The van der Waals surface area contributed by atoms with E-state index in [1.165, 1.54) is 27.8 Å². The third kappa shape index (κ3) is 2.73. The Bertz CT molecular complexity index is 903. The molecule has 0 aromatic heterocycles. The Balaban J connectivity index is 1.92. The first-order valence-electron chi connectivity index (χ1n) is 9.45. The maximum atomic E-state index is 3.85. The van der Waals surface area contributed by atoms with Gasteiger partial charge in [-0.1, -0.05) is 105 Å². The van der Waals surface area contributed by atoms with E-state index in [2.05, 4.69) is 111 Å². The first-order chi connectivity index (χ1) is 12.8. The van der Waals surface area contributed by atoms with Gasteiger partial charge in [0.1, 0.15) is 0 Å². The summed E-state index contributed by atoms with van der Waals surface area (Å²) in [5.41, 5.74) is 10.5. The van der Waals surface area contributed by atoms with Crippen molar-refractivity contribution in [2.24, 2.45) is 5.92 Å². The van der Waals surface area contributed by atoms with Gasteiger partial charge in [-0.05, 0) is 34.6 Å². The number of hydrogen-bond acceptors (Lipinski definition) is 0. The summed E-state index contributed by atoms with van der Waals surface area (Å²) >= 11 is 0. The van der Waals surface area contributed by atoms with Crippen LogP contribution >= 0.6 is 0 Å². The minimum Gasteiger partial charge on any atom is -0.111 e. The van der Waals surface area contributed by atoms with Gasteiger partial charge in [0.05, 0.1) is 0 Å². The lowest BCUT2D eigenvalue weighted by atomic mass is 9.90. The Morgan fingerprint density at radius 3 is 1.69 bits per heavy atom. The van der Waals surface area contributed by atoms with Crippen molar-refractivity contribution in [2.75, 3.05) is 0 Å². The van der Waals surface area contributed by atoms with Crippen LogP contribution in [0.25, 0.3) is 5.57 Å². The molecule has 0 heteroatoms. The molecule has 0 heterocycles. The zero-order valence-electron chi connectivity index (χ0n) is 15.4. The second-order valence-corrected chi connectivity index (χ2v) is 7.06. The number of hydrogen-bond donors (Lipinski definition) is 0. The second kappa shape index (κ2) is 6.83. The van der Waals surface area contributed by atoms with Gasteiger partial charge < -0.3 is 0 Å². The predicted octanol–water partition coefficient (Wildman–Crippen LogP) is 6.64. The van der Waals surface area contributed by atoms with Crippen molar-refractivity contribution >= 4 is 5.57 Å². The summed E-state index contributed by atoms with van der Waals surface area (Å²) in [5, 5.41) is 0. The fourth-order valence-corrected chi connectivity index (χ4v) is 4.26. The second-order valence-electron chi connectivity index (χ2n) is 7.06. The monoisotopic (exact) mass is 336 g/mol. The van der Waals surface area contributed by atoms with E-state index in [9.17, 15) is 0 Å². The van der Waals surface area contributed by atoms with Gasteiger partial charge in [0.15, 0.2) is 0 Å². The van der Waals surface area contributed by atoms with Crippen LogP contribution in [0.1, 0.15) is 37.0 Å². The van der Waals surface area contributed by atoms with Gasteiger partial charge in [0, 0.05) is 11.0 Å². The highest BCUT2D eigenvalue weighted by atomic mass is 14.6. The molecular weight excluding hydrogens is 312 g/mol. The normalized spacial score (nSPS) is 21.2. The Kier molecular flexibility index (Phi) is 4.37. The molecule has 0 unspecified atom stereocenters. The van der Waals surface area contributed by atoms with Crippen molar-refractivity contribution in [1.82, 2.24) is 0 Å². The first-order valence-corrected chi connectivity index (χ1v) is 9.45. The smallest absolute Gasteiger partial charge is 0.0309 e. The quantitative estimate of drug-likeness (QED) is 0.468. The number of allylic oxidation sites excluding steroid dienone is 1. The lowest BCUT2D eigenvalue weighted by Crippen LogP contribution is -2.07. The lowest BCUT2D eigenvalue weighted by molar-refractivity contribution is 0.615. The molecule has 1 aliphatic rings. The van der Waals surface area contributed by atoms with Crippen molar-refractivity contribution in [3.05, 3.63) is 119 Å². The molecule has 0 amide bonds. The van der Waals surface area contributed by atoms with Crippen molar-refractivity contribution in [3.63, 3.8) is 0 Å². The third-order valence-electron chi connectivity index (χ3n) is 5.80. The van der Waals surface area contributed by atoms with Crippen LogP contribution in [0.2, 0.25) is 0 Å². The summed E-state index contributed by atoms with van der Waals surface area (Å²) in [6.07, 6.45) is 1.11. The summed E-state index contributed by atoms with van der Waals surface area (Å²) in [6, 6.07) is 32.2. The molecule has 1 fully saturated rings. The van der Waals surface area contributed by atoms with Crippen molar-refractivity contribution in [3.8, 4) is 0 Å². The van der Waals surface area contributed by atoms with Crippen LogP contribution in [0.5, 0.6) is 0 Å². The number of benzene rings is 3. The standard InChI is InChI=1S/C26H24/c1-3-26(23-17-11-6-12-18-23)20(2)25(26)19-24(21-13-7-4-8-14-21)22-15-9-5-10-16-22/h4-18,20H,3H2,1-2H3/t20-,26-/m0/s1. The molecule has 4 rings (SSSR count). The maximum Gasteiger partial charge on any atom is 0.0309 e. The SMILES string of the molecule is CC[C@]1(c2ccccc2)C(=C=C(c2ccccc2)c2ccccc2)[C@@H]1C. The van der Waals surface area contributed by atoms with E-state index in [4.69, 9.17) is 0 Å². The van der Waals surface area contributed by atoms with Crippen LogP contribution in [0.15, 0.2) is 102 Å². The van der Waals surface area contributed by atoms with E-state index in [1.807, 2.05) is 0 Å². The van der Waals surface area contributed by atoms with E-state index in [0.717, 1.165) is 6.42 Å². The van der Waals surface area contributed by atoms with Gasteiger partial charge in [-0.15, -0.1) is 5.73 Å². The highest BCUT2D eigenvalue weighted by molar-refractivity contribution is 5.80. The summed E-state index contributed by atoms with van der Waals surface area (Å²) in [5.74, 6) is 0.525. The van der Waals surface area contributed by atoms with Gasteiger partial charge in [-0.2, -0.15) is 0 Å². The van der Waals surface area contributed by atoms with Crippen molar-refractivity contribution in [2.45, 2.75) is 25.7 Å². The Morgan fingerprint density at radius 2 is 1.23 bits per heavy atom. The minimum atomic E-state index is 0.135. The zero-order chi connectivity index (χ0) is 18.0. The Hall–Kier alpha value is -2.82. The minimum absolute atomic E-state index is 0.135. The molecule has 0 spiro atoms. The van der Waals surface area contributed by atoms with Gasteiger partial charge in [0.25, 0.3) is 0 Å². The zero-order valence-corrected chi connectivity index (χ0v) is 15.4. The third-order valence-corrected chi connectivity index (χ3v) is 5.80. The van der Waals surface area contributed by atoms with Crippen molar-refractivity contribution < 1.29 is 0 Å². The summed E-state index contributed by atoms with van der Waals surface area (Å²) in [6.45, 7) is 4.63. The van der Waals surface area contributed by atoms with Crippen LogP contribution in [-0.4, -0.2) is 0 Å². The largest absolute Gasteiger partial charge is 0.111 e. The van der Waals surface area contributed by atoms with Gasteiger partial charge in [0.2, 0.25) is 0 Å². The van der Waals surface area contributed by atoms with Crippen molar-refractivity contribution in [1.29, 1.82) is 0 Å². The molecule has 1 aliphatic carbocycles. The summed E-state index contributed by atoms with van der Waals surface area (Å²) in [4.78, 5) is 0. The fraction of sp³-hybridized carbons (Fsp3) is 0.192. The molecule has 1 saturated carbocycles. The molecule has 3 aromatic carbocycles. The Morgan fingerprint density at radius 1 is 0.769 bits per heavy atom. The highest BCUT2D eigenvalue weighted by Gasteiger charge is 2.56. The molecule has 0 radical (unpaired) electrons. The van der Waals surface area contributed by atoms with Gasteiger partial charge >= 0.3 is 0 Å². The maximum absolute atomic E-state index is 3.85.